The number of carbonyl (C=O) groups is 1. The molecule has 1 N–H and O–H groups in total. The first-order chi connectivity index (χ1) is 8.00. The maximum absolute atomic E-state index is 11.1. The standard InChI is InChI=1S/C11H7Cl2NO3/c1-5-9(11(15)16)10(14-17-5)7-3-2-6(12)4-8(7)13/h2-4H,1H3,(H,15,16). The number of aromatic nitrogens is 1. The molecule has 0 bridgehead atoms. The monoisotopic (exact) mass is 271 g/mol. The fraction of sp³-hybridized carbons (Fsp3) is 0.0909. The van der Waals surface area contributed by atoms with E-state index in [4.69, 9.17) is 32.8 Å². The molecule has 1 aromatic carbocycles. The van der Waals surface area contributed by atoms with Gasteiger partial charge in [-0.25, -0.2) is 4.79 Å². The zero-order valence-electron chi connectivity index (χ0n) is 8.70. The van der Waals surface area contributed by atoms with E-state index in [1.54, 1.807) is 12.1 Å². The summed E-state index contributed by atoms with van der Waals surface area (Å²) in [5.74, 6) is -0.872. The van der Waals surface area contributed by atoms with Crippen LogP contribution in [-0.2, 0) is 0 Å². The summed E-state index contributed by atoms with van der Waals surface area (Å²) in [6, 6.07) is 4.74. The van der Waals surface area contributed by atoms with Gasteiger partial charge in [0.05, 0.1) is 5.02 Å². The Morgan fingerprint density at radius 2 is 2.12 bits per heavy atom. The van der Waals surface area contributed by atoms with E-state index in [1.165, 1.54) is 13.0 Å². The third kappa shape index (κ3) is 2.14. The van der Waals surface area contributed by atoms with Crippen molar-refractivity contribution >= 4 is 29.2 Å². The van der Waals surface area contributed by atoms with Gasteiger partial charge in [0.15, 0.2) is 0 Å². The number of hydrogen-bond acceptors (Lipinski definition) is 3. The number of carboxylic acid groups (broad SMARTS) is 1. The highest BCUT2D eigenvalue weighted by Gasteiger charge is 2.22. The first-order valence-electron chi connectivity index (χ1n) is 4.65. The van der Waals surface area contributed by atoms with Gasteiger partial charge >= 0.3 is 5.97 Å². The molecule has 4 nitrogen and oxygen atoms in total. The molecule has 88 valence electrons. The lowest BCUT2D eigenvalue weighted by molar-refractivity contribution is 0.0696. The average Bonchev–Trinajstić information content (AvgIpc) is 2.60. The molecule has 1 heterocycles. The molecular formula is C11H7Cl2NO3. The van der Waals surface area contributed by atoms with Crippen molar-refractivity contribution in [1.29, 1.82) is 0 Å². The molecule has 1 aromatic heterocycles. The molecule has 6 heteroatoms. The largest absolute Gasteiger partial charge is 0.477 e. The molecule has 0 aliphatic heterocycles. The van der Waals surface area contributed by atoms with Crippen molar-refractivity contribution in [3.05, 3.63) is 39.6 Å². The molecule has 0 radical (unpaired) electrons. The molecule has 0 aliphatic rings. The minimum absolute atomic E-state index is 0.00854. The van der Waals surface area contributed by atoms with Crippen LogP contribution in [0.5, 0.6) is 0 Å². The Hall–Kier alpha value is -1.52. The van der Waals surface area contributed by atoms with Crippen LogP contribution in [0.2, 0.25) is 10.0 Å². The van der Waals surface area contributed by atoms with Crippen LogP contribution in [0.1, 0.15) is 16.1 Å². The first kappa shape index (κ1) is 12.0. The second-order valence-electron chi connectivity index (χ2n) is 3.39. The van der Waals surface area contributed by atoms with Gasteiger partial charge in [-0.2, -0.15) is 0 Å². The van der Waals surface area contributed by atoms with E-state index in [1.807, 2.05) is 0 Å². The van der Waals surface area contributed by atoms with Crippen molar-refractivity contribution in [3.63, 3.8) is 0 Å². The van der Waals surface area contributed by atoms with Gasteiger partial charge in [-0.1, -0.05) is 28.4 Å². The lowest BCUT2D eigenvalue weighted by atomic mass is 10.1. The molecule has 0 amide bonds. The van der Waals surface area contributed by atoms with Gasteiger partial charge in [0, 0.05) is 10.6 Å². The summed E-state index contributed by atoms with van der Waals surface area (Å²) in [5.41, 5.74) is 0.691. The molecule has 0 saturated heterocycles. The summed E-state index contributed by atoms with van der Waals surface area (Å²) in [6.07, 6.45) is 0. The fourth-order valence-electron chi connectivity index (χ4n) is 1.49. The van der Waals surface area contributed by atoms with Crippen LogP contribution in [0.15, 0.2) is 22.7 Å². The number of aryl methyl sites for hydroxylation is 1. The highest BCUT2D eigenvalue weighted by Crippen LogP contribution is 2.32. The van der Waals surface area contributed by atoms with Crippen LogP contribution >= 0.6 is 23.2 Å². The third-order valence-corrected chi connectivity index (χ3v) is 2.81. The van der Waals surface area contributed by atoms with E-state index in [-0.39, 0.29) is 17.0 Å². The Morgan fingerprint density at radius 3 is 2.71 bits per heavy atom. The average molecular weight is 272 g/mol. The Labute approximate surface area is 107 Å². The van der Waals surface area contributed by atoms with Crippen molar-refractivity contribution in [2.75, 3.05) is 0 Å². The second-order valence-corrected chi connectivity index (χ2v) is 4.24. The molecule has 2 rings (SSSR count). The van der Waals surface area contributed by atoms with Crippen molar-refractivity contribution in [1.82, 2.24) is 5.16 Å². The molecule has 0 saturated carbocycles. The van der Waals surface area contributed by atoms with Crippen molar-refractivity contribution in [3.8, 4) is 11.3 Å². The van der Waals surface area contributed by atoms with Gasteiger partial charge in [-0.15, -0.1) is 0 Å². The zero-order chi connectivity index (χ0) is 12.6. The minimum atomic E-state index is -1.11. The van der Waals surface area contributed by atoms with E-state index in [9.17, 15) is 4.79 Å². The van der Waals surface area contributed by atoms with Crippen LogP contribution in [-0.4, -0.2) is 16.2 Å². The van der Waals surface area contributed by atoms with Crippen LogP contribution in [0, 0.1) is 6.92 Å². The molecule has 0 aliphatic carbocycles. The normalized spacial score (nSPS) is 10.5. The van der Waals surface area contributed by atoms with E-state index in [2.05, 4.69) is 5.16 Å². The predicted molar refractivity (Wildman–Crippen MR) is 63.7 cm³/mol. The molecule has 0 unspecified atom stereocenters. The van der Waals surface area contributed by atoms with Gasteiger partial charge < -0.3 is 9.63 Å². The van der Waals surface area contributed by atoms with Crippen molar-refractivity contribution in [2.45, 2.75) is 6.92 Å². The molecular weight excluding hydrogens is 265 g/mol. The van der Waals surface area contributed by atoms with Crippen LogP contribution in [0.25, 0.3) is 11.3 Å². The summed E-state index contributed by atoms with van der Waals surface area (Å²) in [4.78, 5) is 11.1. The maximum atomic E-state index is 11.1. The zero-order valence-corrected chi connectivity index (χ0v) is 10.2. The summed E-state index contributed by atoms with van der Waals surface area (Å²) in [6.45, 7) is 1.53. The van der Waals surface area contributed by atoms with Gasteiger partial charge in [0.1, 0.15) is 17.0 Å². The van der Waals surface area contributed by atoms with Gasteiger partial charge in [0.2, 0.25) is 0 Å². The Bertz CT molecular complexity index is 592. The van der Waals surface area contributed by atoms with Gasteiger partial charge in [-0.05, 0) is 25.1 Å². The second kappa shape index (κ2) is 4.39. The lowest BCUT2D eigenvalue weighted by Crippen LogP contribution is -1.99. The number of carboxylic acids is 1. The van der Waals surface area contributed by atoms with E-state index >= 15 is 0 Å². The lowest BCUT2D eigenvalue weighted by Gasteiger charge is -2.01. The van der Waals surface area contributed by atoms with Crippen molar-refractivity contribution in [2.24, 2.45) is 0 Å². The van der Waals surface area contributed by atoms with E-state index < -0.39 is 5.97 Å². The number of halogens is 2. The third-order valence-electron chi connectivity index (χ3n) is 2.26. The summed E-state index contributed by atoms with van der Waals surface area (Å²) in [7, 11) is 0. The first-order valence-corrected chi connectivity index (χ1v) is 5.41. The molecule has 0 atom stereocenters. The SMILES string of the molecule is Cc1onc(-c2ccc(Cl)cc2Cl)c1C(=O)O. The minimum Gasteiger partial charge on any atom is -0.477 e. The summed E-state index contributed by atoms with van der Waals surface area (Å²) in [5, 5.41) is 13.6. The van der Waals surface area contributed by atoms with Crippen LogP contribution < -0.4 is 0 Å². The van der Waals surface area contributed by atoms with Crippen LogP contribution in [0.3, 0.4) is 0 Å². The van der Waals surface area contributed by atoms with Crippen LogP contribution in [0.4, 0.5) is 0 Å². The number of rotatable bonds is 2. The van der Waals surface area contributed by atoms with Crippen molar-refractivity contribution < 1.29 is 14.4 Å². The molecule has 2 aromatic rings. The topological polar surface area (TPSA) is 63.3 Å². The highest BCUT2D eigenvalue weighted by atomic mass is 35.5. The Kier molecular flexibility index (Phi) is 3.09. The van der Waals surface area contributed by atoms with Gasteiger partial charge in [-0.3, -0.25) is 0 Å². The number of benzene rings is 1. The molecule has 0 fully saturated rings. The van der Waals surface area contributed by atoms with E-state index in [0.29, 0.717) is 15.6 Å². The number of aromatic carboxylic acids is 1. The predicted octanol–water partition coefficient (Wildman–Crippen LogP) is 3.66. The summed E-state index contributed by atoms with van der Waals surface area (Å²) < 4.78 is 4.87. The smallest absolute Gasteiger partial charge is 0.341 e. The highest BCUT2D eigenvalue weighted by molar-refractivity contribution is 6.36. The summed E-state index contributed by atoms with van der Waals surface area (Å²) >= 11 is 11.8. The Balaban J connectivity index is 2.65. The number of hydrogen-bond donors (Lipinski definition) is 1. The quantitative estimate of drug-likeness (QED) is 0.906. The molecule has 0 spiro atoms. The molecule has 17 heavy (non-hydrogen) atoms. The van der Waals surface area contributed by atoms with Gasteiger partial charge in [0.25, 0.3) is 0 Å². The maximum Gasteiger partial charge on any atom is 0.341 e. The fourth-order valence-corrected chi connectivity index (χ4v) is 1.99. The number of nitrogens with zero attached hydrogens (tertiary/aromatic N) is 1. The Morgan fingerprint density at radius 1 is 1.41 bits per heavy atom. The van der Waals surface area contributed by atoms with E-state index in [0.717, 1.165) is 0 Å².